The van der Waals surface area contributed by atoms with Crippen LogP contribution in [0.1, 0.15) is 33.6 Å². The van der Waals surface area contributed by atoms with Crippen LogP contribution in [0.2, 0.25) is 0 Å². The molecule has 0 radical (unpaired) electrons. The number of carbonyl (C=O) groups is 1. The van der Waals surface area contributed by atoms with E-state index in [0.717, 1.165) is 11.3 Å². The molecule has 0 saturated heterocycles. The maximum absolute atomic E-state index is 12.5. The number of fused-ring (bicyclic) bond motifs is 1. The van der Waals surface area contributed by atoms with Crippen LogP contribution in [0.4, 0.5) is 0 Å². The van der Waals surface area contributed by atoms with Crippen molar-refractivity contribution >= 4 is 34.2 Å². The minimum absolute atomic E-state index is 0.188. The van der Waals surface area contributed by atoms with E-state index >= 15 is 0 Å². The van der Waals surface area contributed by atoms with E-state index in [9.17, 15) is 9.59 Å². The zero-order valence-corrected chi connectivity index (χ0v) is 14.8. The van der Waals surface area contributed by atoms with Crippen molar-refractivity contribution in [1.29, 1.82) is 0 Å². The monoisotopic (exact) mass is 354 g/mol. The summed E-state index contributed by atoms with van der Waals surface area (Å²) in [4.78, 5) is 27.1. The molecule has 6 nitrogen and oxygen atoms in total. The summed E-state index contributed by atoms with van der Waals surface area (Å²) in [6.45, 7) is 4.42. The van der Waals surface area contributed by atoms with E-state index in [4.69, 9.17) is 0 Å². The highest BCUT2D eigenvalue weighted by atomic mass is 32.1. The number of nitrogens with one attached hydrogen (secondary N) is 1. The van der Waals surface area contributed by atoms with Crippen LogP contribution in [0, 0.1) is 6.92 Å². The Morgan fingerprint density at radius 2 is 2.04 bits per heavy atom. The van der Waals surface area contributed by atoms with Crippen LogP contribution < -0.4 is 11.0 Å². The molecule has 25 heavy (non-hydrogen) atoms. The number of hydrogen-bond acceptors (Lipinski definition) is 5. The molecule has 0 spiro atoms. The fraction of sp³-hybridized carbons (Fsp3) is 0.222. The van der Waals surface area contributed by atoms with Crippen molar-refractivity contribution in [3.8, 4) is 0 Å². The van der Waals surface area contributed by atoms with Crippen molar-refractivity contribution < 1.29 is 4.79 Å². The maximum atomic E-state index is 12.5. The summed E-state index contributed by atoms with van der Waals surface area (Å²) in [6, 6.07) is 10.9. The lowest BCUT2D eigenvalue weighted by Crippen LogP contribution is -2.29. The van der Waals surface area contributed by atoms with Crippen LogP contribution >= 0.6 is 11.3 Å². The van der Waals surface area contributed by atoms with E-state index in [1.54, 1.807) is 41.8 Å². The van der Waals surface area contributed by atoms with E-state index in [1.165, 1.54) is 9.56 Å². The van der Waals surface area contributed by atoms with Gasteiger partial charge in [0, 0.05) is 21.7 Å². The molecular formula is C18H18N4O2S. The molecule has 0 atom stereocenters. The highest BCUT2D eigenvalue weighted by Gasteiger charge is 2.15. The molecule has 0 aliphatic heterocycles. The molecule has 0 fully saturated rings. The number of nitrogens with zero attached hydrogens (tertiary/aromatic N) is 3. The third-order valence-electron chi connectivity index (χ3n) is 3.64. The number of aryl methyl sites for hydroxylation is 2. The number of hydrazone groups is 1. The van der Waals surface area contributed by atoms with Crippen molar-refractivity contribution in [2.24, 2.45) is 5.10 Å². The van der Waals surface area contributed by atoms with Gasteiger partial charge in [-0.05, 0) is 31.5 Å². The quantitative estimate of drug-likeness (QED) is 0.565. The van der Waals surface area contributed by atoms with Crippen molar-refractivity contribution in [2.75, 3.05) is 0 Å². The summed E-state index contributed by atoms with van der Waals surface area (Å²) < 4.78 is 1.34. The number of aromatic nitrogens is 2. The lowest BCUT2D eigenvalue weighted by Gasteiger charge is -2.09. The normalized spacial score (nSPS) is 11.3. The van der Waals surface area contributed by atoms with Gasteiger partial charge in [0.05, 0.1) is 11.6 Å². The van der Waals surface area contributed by atoms with Crippen LogP contribution in [0.15, 0.2) is 46.3 Å². The van der Waals surface area contributed by atoms with Gasteiger partial charge in [-0.3, -0.25) is 9.59 Å². The smallest absolute Gasteiger partial charge is 0.267 e. The second-order valence-electron chi connectivity index (χ2n) is 5.57. The number of hydrogen-bond donors (Lipinski definition) is 1. The summed E-state index contributed by atoms with van der Waals surface area (Å²) >= 11 is 1.59. The first kappa shape index (κ1) is 17.0. The molecule has 0 aliphatic carbocycles. The minimum Gasteiger partial charge on any atom is -0.267 e. The van der Waals surface area contributed by atoms with Gasteiger partial charge in [-0.15, -0.1) is 11.3 Å². The second-order valence-corrected chi connectivity index (χ2v) is 6.89. The van der Waals surface area contributed by atoms with Crippen LogP contribution in [-0.4, -0.2) is 21.9 Å². The first-order valence-corrected chi connectivity index (χ1v) is 8.81. The molecule has 0 saturated carbocycles. The molecule has 2 aromatic heterocycles. The molecule has 0 aliphatic rings. The number of thiophene rings is 1. The van der Waals surface area contributed by atoms with Gasteiger partial charge in [-0.2, -0.15) is 10.2 Å². The van der Waals surface area contributed by atoms with E-state index < -0.39 is 5.91 Å². The van der Waals surface area contributed by atoms with Gasteiger partial charge in [-0.1, -0.05) is 25.1 Å². The number of benzene rings is 1. The van der Waals surface area contributed by atoms with E-state index in [2.05, 4.69) is 15.6 Å². The molecular weight excluding hydrogens is 336 g/mol. The maximum Gasteiger partial charge on any atom is 0.292 e. The predicted molar refractivity (Wildman–Crippen MR) is 100 cm³/mol. The Morgan fingerprint density at radius 3 is 2.72 bits per heavy atom. The average Bonchev–Trinajstić information content (AvgIpc) is 3.03. The predicted octanol–water partition coefficient (Wildman–Crippen LogP) is 2.94. The Morgan fingerprint density at radius 1 is 1.28 bits per heavy atom. The van der Waals surface area contributed by atoms with Crippen molar-refractivity contribution in [3.05, 3.63) is 62.2 Å². The van der Waals surface area contributed by atoms with Gasteiger partial charge in [0.15, 0.2) is 5.69 Å². The Hall–Kier alpha value is -2.80. The highest BCUT2D eigenvalue weighted by Crippen LogP contribution is 2.14. The average molecular weight is 354 g/mol. The Labute approximate surface area is 148 Å². The van der Waals surface area contributed by atoms with E-state index in [1.807, 2.05) is 26.0 Å². The first-order valence-electron chi connectivity index (χ1n) is 8.00. The molecule has 1 amide bonds. The SMILES string of the molecule is CCCn1nc(C(=O)N/N=C\c2ccc(C)s2)c2ccccc2c1=O. The summed E-state index contributed by atoms with van der Waals surface area (Å²) in [5, 5.41) is 9.24. The molecule has 128 valence electrons. The Bertz CT molecular complexity index is 1000. The third-order valence-corrected chi connectivity index (χ3v) is 4.57. The van der Waals surface area contributed by atoms with Crippen molar-refractivity contribution in [1.82, 2.24) is 15.2 Å². The van der Waals surface area contributed by atoms with Crippen LogP contribution in [-0.2, 0) is 6.54 Å². The summed E-state index contributed by atoms with van der Waals surface area (Å²) in [5.74, 6) is -0.439. The van der Waals surface area contributed by atoms with Crippen molar-refractivity contribution in [3.63, 3.8) is 0 Å². The Kier molecular flexibility index (Phi) is 5.04. The largest absolute Gasteiger partial charge is 0.292 e. The van der Waals surface area contributed by atoms with Gasteiger partial charge in [-0.25, -0.2) is 10.1 Å². The summed E-state index contributed by atoms with van der Waals surface area (Å²) in [7, 11) is 0. The van der Waals surface area contributed by atoms with E-state index in [-0.39, 0.29) is 11.3 Å². The van der Waals surface area contributed by atoms with Crippen LogP contribution in [0.3, 0.4) is 0 Å². The molecule has 1 N–H and O–H groups in total. The number of carbonyl (C=O) groups excluding carboxylic acids is 1. The lowest BCUT2D eigenvalue weighted by molar-refractivity contribution is 0.0949. The molecule has 0 bridgehead atoms. The second kappa shape index (κ2) is 7.40. The molecule has 3 rings (SSSR count). The first-order chi connectivity index (χ1) is 12.1. The van der Waals surface area contributed by atoms with Crippen LogP contribution in [0.25, 0.3) is 10.8 Å². The highest BCUT2D eigenvalue weighted by molar-refractivity contribution is 7.13. The van der Waals surface area contributed by atoms with Gasteiger partial charge < -0.3 is 0 Å². The Balaban J connectivity index is 1.93. The molecule has 2 heterocycles. The topological polar surface area (TPSA) is 76.3 Å². The van der Waals surface area contributed by atoms with Gasteiger partial charge in [0.25, 0.3) is 11.5 Å². The zero-order chi connectivity index (χ0) is 17.8. The van der Waals surface area contributed by atoms with Gasteiger partial charge >= 0.3 is 0 Å². The minimum atomic E-state index is -0.439. The molecule has 0 unspecified atom stereocenters. The van der Waals surface area contributed by atoms with Gasteiger partial charge in [0.1, 0.15) is 0 Å². The number of amides is 1. The van der Waals surface area contributed by atoms with E-state index in [0.29, 0.717) is 17.3 Å². The molecule has 3 aromatic rings. The molecule has 7 heteroatoms. The zero-order valence-electron chi connectivity index (χ0n) is 14.0. The van der Waals surface area contributed by atoms with Crippen LogP contribution in [0.5, 0.6) is 0 Å². The lowest BCUT2D eigenvalue weighted by atomic mass is 10.1. The fourth-order valence-corrected chi connectivity index (χ4v) is 3.25. The third kappa shape index (κ3) is 3.66. The number of rotatable bonds is 5. The van der Waals surface area contributed by atoms with Crippen molar-refractivity contribution in [2.45, 2.75) is 26.8 Å². The summed E-state index contributed by atoms with van der Waals surface area (Å²) in [5.41, 5.74) is 2.51. The summed E-state index contributed by atoms with van der Waals surface area (Å²) in [6.07, 6.45) is 2.35. The fourth-order valence-electron chi connectivity index (χ4n) is 2.50. The van der Waals surface area contributed by atoms with Gasteiger partial charge in [0.2, 0.25) is 0 Å². The molecule has 1 aromatic carbocycles. The standard InChI is InChI=1S/C18H18N4O2S/c1-3-10-22-18(24)15-7-5-4-6-14(15)16(21-22)17(23)20-19-11-13-9-8-12(2)25-13/h4-9,11H,3,10H2,1-2H3,(H,20,23)/b19-11-.